The molecule has 6 unspecified atom stereocenters. The first kappa shape index (κ1) is 20.1. The van der Waals surface area contributed by atoms with Crippen molar-refractivity contribution >= 4 is 0 Å². The summed E-state index contributed by atoms with van der Waals surface area (Å²) in [5.41, 5.74) is 3.10. The second kappa shape index (κ2) is 8.61. The van der Waals surface area contributed by atoms with Gasteiger partial charge in [0.25, 0.3) is 0 Å². The zero-order chi connectivity index (χ0) is 18.7. The van der Waals surface area contributed by atoms with Crippen LogP contribution in [0.3, 0.4) is 0 Å². The minimum Gasteiger partial charge on any atom is -0.378 e. The maximum Gasteiger partial charge on any atom is 0.0735 e. The van der Waals surface area contributed by atoms with Gasteiger partial charge in [0.2, 0.25) is 0 Å². The lowest BCUT2D eigenvalue weighted by Gasteiger charge is -2.69. The zero-order valence-corrected chi connectivity index (χ0v) is 17.8. The summed E-state index contributed by atoms with van der Waals surface area (Å²) in [6.45, 7) is 11.2. The first-order valence-corrected chi connectivity index (χ1v) is 11.0. The molecule has 0 aromatic heterocycles. The smallest absolute Gasteiger partial charge is 0.0735 e. The monoisotopic (exact) mass is 359 g/mol. The van der Waals surface area contributed by atoms with Crippen molar-refractivity contribution in [1.29, 1.82) is 0 Å². The SMILES string of the molecule is COC1(CCCNCC=C(C)CCC=C(C)C)C(C)CC2CC3CC1C23. The van der Waals surface area contributed by atoms with E-state index >= 15 is 0 Å². The van der Waals surface area contributed by atoms with Crippen LogP contribution in [-0.2, 0) is 4.74 Å². The van der Waals surface area contributed by atoms with Gasteiger partial charge in [-0.15, -0.1) is 0 Å². The van der Waals surface area contributed by atoms with Crippen LogP contribution in [0.15, 0.2) is 23.3 Å². The lowest BCUT2D eigenvalue weighted by atomic mass is 9.38. The molecule has 3 fully saturated rings. The summed E-state index contributed by atoms with van der Waals surface area (Å²) in [7, 11) is 1.98. The Hall–Kier alpha value is -0.600. The van der Waals surface area contributed by atoms with Crippen LogP contribution in [0.1, 0.15) is 72.6 Å². The number of hydrogen-bond acceptors (Lipinski definition) is 2. The van der Waals surface area contributed by atoms with Gasteiger partial charge in [0, 0.05) is 13.7 Å². The van der Waals surface area contributed by atoms with Crippen molar-refractivity contribution in [1.82, 2.24) is 5.32 Å². The maximum absolute atomic E-state index is 6.26. The van der Waals surface area contributed by atoms with Gasteiger partial charge >= 0.3 is 0 Å². The molecule has 0 amide bonds. The molecule has 0 spiro atoms. The minimum atomic E-state index is 0.176. The Morgan fingerprint density at radius 1 is 1.12 bits per heavy atom. The summed E-state index contributed by atoms with van der Waals surface area (Å²) in [6.07, 6.45) is 13.9. The van der Waals surface area contributed by atoms with Crippen molar-refractivity contribution < 1.29 is 4.74 Å². The van der Waals surface area contributed by atoms with E-state index in [1.165, 1.54) is 56.1 Å². The van der Waals surface area contributed by atoms with E-state index < -0.39 is 0 Å². The minimum absolute atomic E-state index is 0.176. The molecule has 6 atom stereocenters. The summed E-state index contributed by atoms with van der Waals surface area (Å²) in [6, 6.07) is 0. The standard InChI is InChI=1S/C24H41NO/c1-17(2)8-6-9-18(3)10-13-25-12-7-11-24(26-5)19(4)14-20-15-21-16-22(24)23(20)21/h8,10,19-23,25H,6-7,9,11-16H2,1-5H3. The van der Waals surface area contributed by atoms with Crippen LogP contribution < -0.4 is 5.32 Å². The average molecular weight is 360 g/mol. The van der Waals surface area contributed by atoms with E-state index in [1.54, 1.807) is 0 Å². The van der Waals surface area contributed by atoms with Gasteiger partial charge in [-0.05, 0) is 102 Å². The van der Waals surface area contributed by atoms with E-state index in [0.717, 1.165) is 42.7 Å². The molecule has 0 heterocycles. The second-order valence-corrected chi connectivity index (χ2v) is 9.65. The fraction of sp³-hybridized carbons (Fsp3) is 0.833. The molecular weight excluding hydrogens is 318 g/mol. The molecule has 1 N–H and O–H groups in total. The summed E-state index contributed by atoms with van der Waals surface area (Å²) in [5, 5.41) is 3.63. The number of ether oxygens (including phenoxy) is 1. The van der Waals surface area contributed by atoms with Crippen LogP contribution in [0, 0.1) is 29.6 Å². The van der Waals surface area contributed by atoms with Crippen molar-refractivity contribution in [2.75, 3.05) is 20.2 Å². The molecule has 0 bridgehead atoms. The summed E-state index contributed by atoms with van der Waals surface area (Å²) >= 11 is 0. The molecule has 3 saturated carbocycles. The third-order valence-corrected chi connectivity index (χ3v) is 7.82. The number of methoxy groups -OCH3 is 1. The van der Waals surface area contributed by atoms with E-state index in [1.807, 2.05) is 7.11 Å². The number of allylic oxidation sites excluding steroid dienone is 3. The van der Waals surface area contributed by atoms with Gasteiger partial charge in [-0.1, -0.05) is 30.2 Å². The lowest BCUT2D eigenvalue weighted by Crippen LogP contribution is -2.67. The highest BCUT2D eigenvalue weighted by atomic mass is 16.5. The van der Waals surface area contributed by atoms with E-state index in [4.69, 9.17) is 4.74 Å². The molecule has 3 aliphatic rings. The third-order valence-electron chi connectivity index (χ3n) is 7.82. The lowest BCUT2D eigenvalue weighted by molar-refractivity contribution is -0.255. The highest BCUT2D eigenvalue weighted by Gasteiger charge is 2.65. The predicted molar refractivity (Wildman–Crippen MR) is 111 cm³/mol. The molecule has 26 heavy (non-hydrogen) atoms. The average Bonchev–Trinajstić information content (AvgIpc) is 2.56. The summed E-state index contributed by atoms with van der Waals surface area (Å²) in [5.74, 6) is 4.71. The highest BCUT2D eigenvalue weighted by Crippen LogP contribution is 2.68. The Morgan fingerprint density at radius 2 is 1.88 bits per heavy atom. The quantitative estimate of drug-likeness (QED) is 0.396. The molecular formula is C24H41NO. The fourth-order valence-electron chi connectivity index (χ4n) is 6.30. The van der Waals surface area contributed by atoms with E-state index in [-0.39, 0.29) is 5.60 Å². The fourth-order valence-corrected chi connectivity index (χ4v) is 6.30. The van der Waals surface area contributed by atoms with Gasteiger partial charge in [-0.25, -0.2) is 0 Å². The van der Waals surface area contributed by atoms with Gasteiger partial charge in [0.05, 0.1) is 5.60 Å². The largest absolute Gasteiger partial charge is 0.378 e. The molecule has 3 rings (SSSR count). The molecule has 0 radical (unpaired) electrons. The predicted octanol–water partition coefficient (Wildman–Crippen LogP) is 5.75. The number of nitrogens with one attached hydrogen (secondary N) is 1. The van der Waals surface area contributed by atoms with Crippen molar-refractivity contribution in [3.63, 3.8) is 0 Å². The molecule has 0 saturated heterocycles. The topological polar surface area (TPSA) is 21.3 Å². The van der Waals surface area contributed by atoms with Crippen LogP contribution in [0.5, 0.6) is 0 Å². The Kier molecular flexibility index (Phi) is 6.67. The van der Waals surface area contributed by atoms with Crippen LogP contribution in [0.25, 0.3) is 0 Å². The molecule has 2 heteroatoms. The molecule has 0 aromatic rings. The zero-order valence-electron chi connectivity index (χ0n) is 17.8. The van der Waals surface area contributed by atoms with Gasteiger partial charge in [-0.3, -0.25) is 0 Å². The Labute approximate surface area is 161 Å². The summed E-state index contributed by atoms with van der Waals surface area (Å²) in [4.78, 5) is 0. The first-order valence-electron chi connectivity index (χ1n) is 11.0. The molecule has 0 aliphatic heterocycles. The Balaban J connectivity index is 1.37. The van der Waals surface area contributed by atoms with Gasteiger partial charge in [-0.2, -0.15) is 0 Å². The van der Waals surface area contributed by atoms with Crippen molar-refractivity contribution in [3.05, 3.63) is 23.3 Å². The molecule has 0 aromatic carbocycles. The van der Waals surface area contributed by atoms with Crippen LogP contribution >= 0.6 is 0 Å². The Morgan fingerprint density at radius 3 is 2.58 bits per heavy atom. The summed E-state index contributed by atoms with van der Waals surface area (Å²) < 4.78 is 6.26. The number of rotatable bonds is 10. The van der Waals surface area contributed by atoms with Crippen LogP contribution in [-0.4, -0.2) is 25.8 Å². The van der Waals surface area contributed by atoms with E-state index in [9.17, 15) is 0 Å². The highest BCUT2D eigenvalue weighted by molar-refractivity contribution is 5.15. The van der Waals surface area contributed by atoms with Crippen molar-refractivity contribution in [3.8, 4) is 0 Å². The van der Waals surface area contributed by atoms with Crippen LogP contribution in [0.2, 0.25) is 0 Å². The second-order valence-electron chi connectivity index (χ2n) is 9.65. The van der Waals surface area contributed by atoms with Crippen molar-refractivity contribution in [2.45, 2.75) is 78.2 Å². The van der Waals surface area contributed by atoms with Gasteiger partial charge < -0.3 is 10.1 Å². The first-order chi connectivity index (χ1) is 12.5. The third kappa shape index (κ3) is 3.97. The Bertz CT molecular complexity index is 532. The maximum atomic E-state index is 6.26. The van der Waals surface area contributed by atoms with E-state index in [0.29, 0.717) is 0 Å². The van der Waals surface area contributed by atoms with Gasteiger partial charge in [0.1, 0.15) is 0 Å². The van der Waals surface area contributed by atoms with Gasteiger partial charge in [0.15, 0.2) is 0 Å². The molecule has 3 aliphatic carbocycles. The van der Waals surface area contributed by atoms with E-state index in [2.05, 4.69) is 45.2 Å². The number of hydrogen-bond donors (Lipinski definition) is 1. The molecule has 148 valence electrons. The van der Waals surface area contributed by atoms with Crippen molar-refractivity contribution in [2.24, 2.45) is 29.6 Å². The molecule has 2 nitrogen and oxygen atoms in total. The normalized spacial score (nSPS) is 38.2. The van der Waals surface area contributed by atoms with Crippen LogP contribution in [0.4, 0.5) is 0 Å².